The third-order valence-electron chi connectivity index (χ3n) is 3.42. The van der Waals surface area contributed by atoms with E-state index in [1.807, 2.05) is 20.8 Å². The molecule has 0 heterocycles. The van der Waals surface area contributed by atoms with Gasteiger partial charge in [-0.15, -0.1) is 0 Å². The second-order valence-corrected chi connectivity index (χ2v) is 6.87. The van der Waals surface area contributed by atoms with Crippen molar-refractivity contribution in [3.63, 3.8) is 0 Å². The fourth-order valence-electron chi connectivity index (χ4n) is 2.20. The largest absolute Gasteiger partial charge is 0.347 e. The summed E-state index contributed by atoms with van der Waals surface area (Å²) in [5.41, 5.74) is 1.68. The summed E-state index contributed by atoms with van der Waals surface area (Å²) in [6.07, 6.45) is 0. The van der Waals surface area contributed by atoms with Crippen LogP contribution >= 0.6 is 0 Å². The van der Waals surface area contributed by atoms with Crippen molar-refractivity contribution in [3.8, 4) is 0 Å². The van der Waals surface area contributed by atoms with Crippen molar-refractivity contribution in [2.45, 2.75) is 33.2 Å². The maximum absolute atomic E-state index is 12.3. The van der Waals surface area contributed by atoms with Gasteiger partial charge in [0.2, 0.25) is 0 Å². The number of hydrogen-bond acceptors (Lipinski definition) is 3. The maximum Gasteiger partial charge on any atom is 0.255 e. The number of benzene rings is 2. The summed E-state index contributed by atoms with van der Waals surface area (Å²) in [6, 6.07) is 13.2. The zero-order valence-corrected chi connectivity index (χ0v) is 14.8. The summed E-state index contributed by atoms with van der Waals surface area (Å²) in [4.78, 5) is 35.8. The standard InChI is InChI=1S/C20H22N2O3/c1-13(23)16-6-5-7-17(12-16)21-18(24)14-8-10-15(11-9-14)19(25)22-20(2,3)4/h5-12H,1-4H3,(H,21,24)(H,22,25). The number of carbonyl (C=O) groups is 3. The zero-order chi connectivity index (χ0) is 18.6. The van der Waals surface area contributed by atoms with Crippen LogP contribution in [0.15, 0.2) is 48.5 Å². The van der Waals surface area contributed by atoms with Gasteiger partial charge in [0.05, 0.1) is 0 Å². The Morgan fingerprint density at radius 3 is 1.88 bits per heavy atom. The lowest BCUT2D eigenvalue weighted by Gasteiger charge is -2.20. The Morgan fingerprint density at radius 2 is 1.36 bits per heavy atom. The molecule has 0 fully saturated rings. The number of nitrogens with one attached hydrogen (secondary N) is 2. The number of carbonyl (C=O) groups excluding carboxylic acids is 3. The molecular weight excluding hydrogens is 316 g/mol. The van der Waals surface area contributed by atoms with E-state index in [4.69, 9.17) is 0 Å². The van der Waals surface area contributed by atoms with Crippen molar-refractivity contribution in [3.05, 3.63) is 65.2 Å². The van der Waals surface area contributed by atoms with Crippen molar-refractivity contribution in [1.29, 1.82) is 0 Å². The molecule has 2 aromatic carbocycles. The first kappa shape index (κ1) is 18.4. The van der Waals surface area contributed by atoms with Gasteiger partial charge in [-0.1, -0.05) is 12.1 Å². The molecule has 5 heteroatoms. The molecule has 130 valence electrons. The number of amides is 2. The van der Waals surface area contributed by atoms with Gasteiger partial charge in [0, 0.05) is 27.9 Å². The second-order valence-electron chi connectivity index (χ2n) is 6.87. The second kappa shape index (κ2) is 7.30. The van der Waals surface area contributed by atoms with Gasteiger partial charge in [0.15, 0.2) is 5.78 Å². The molecular formula is C20H22N2O3. The topological polar surface area (TPSA) is 75.3 Å². The van der Waals surface area contributed by atoms with Crippen molar-refractivity contribution in [2.24, 2.45) is 0 Å². The van der Waals surface area contributed by atoms with E-state index < -0.39 is 0 Å². The van der Waals surface area contributed by atoms with Crippen LogP contribution in [0.2, 0.25) is 0 Å². The predicted octanol–water partition coefficient (Wildman–Crippen LogP) is 3.67. The first-order valence-corrected chi connectivity index (χ1v) is 8.01. The highest BCUT2D eigenvalue weighted by Gasteiger charge is 2.15. The van der Waals surface area contributed by atoms with Crippen LogP contribution in [0.25, 0.3) is 0 Å². The van der Waals surface area contributed by atoms with E-state index in [0.29, 0.717) is 22.4 Å². The van der Waals surface area contributed by atoms with Gasteiger partial charge >= 0.3 is 0 Å². The van der Waals surface area contributed by atoms with Crippen LogP contribution in [0.1, 0.15) is 58.8 Å². The Kier molecular flexibility index (Phi) is 5.37. The van der Waals surface area contributed by atoms with E-state index in [9.17, 15) is 14.4 Å². The Bertz CT molecular complexity index is 802. The summed E-state index contributed by atoms with van der Waals surface area (Å²) in [5.74, 6) is -0.553. The molecule has 0 aliphatic rings. The molecule has 0 bridgehead atoms. The lowest BCUT2D eigenvalue weighted by atomic mass is 10.1. The van der Waals surface area contributed by atoms with E-state index in [1.165, 1.54) is 6.92 Å². The van der Waals surface area contributed by atoms with Crippen molar-refractivity contribution in [2.75, 3.05) is 5.32 Å². The molecule has 0 aromatic heterocycles. The molecule has 0 radical (unpaired) electrons. The van der Waals surface area contributed by atoms with E-state index in [2.05, 4.69) is 10.6 Å². The van der Waals surface area contributed by atoms with Gasteiger partial charge in [-0.3, -0.25) is 14.4 Å². The van der Waals surface area contributed by atoms with E-state index in [1.54, 1.807) is 48.5 Å². The monoisotopic (exact) mass is 338 g/mol. The highest BCUT2D eigenvalue weighted by atomic mass is 16.2. The van der Waals surface area contributed by atoms with Gasteiger partial charge < -0.3 is 10.6 Å². The molecule has 5 nitrogen and oxygen atoms in total. The molecule has 0 saturated carbocycles. The summed E-state index contributed by atoms with van der Waals surface area (Å²) >= 11 is 0. The van der Waals surface area contributed by atoms with Gasteiger partial charge in [-0.25, -0.2) is 0 Å². The van der Waals surface area contributed by atoms with E-state index in [-0.39, 0.29) is 23.1 Å². The molecule has 2 aromatic rings. The third kappa shape index (κ3) is 5.28. The van der Waals surface area contributed by atoms with E-state index >= 15 is 0 Å². The minimum atomic E-state index is -0.325. The minimum Gasteiger partial charge on any atom is -0.347 e. The summed E-state index contributed by atoms with van der Waals surface area (Å²) in [6.45, 7) is 7.19. The first-order valence-electron chi connectivity index (χ1n) is 8.01. The molecule has 0 unspecified atom stereocenters. The summed E-state index contributed by atoms with van der Waals surface area (Å²) in [7, 11) is 0. The molecule has 0 atom stereocenters. The summed E-state index contributed by atoms with van der Waals surface area (Å²) in [5, 5.41) is 5.62. The van der Waals surface area contributed by atoms with Gasteiger partial charge in [0.1, 0.15) is 0 Å². The van der Waals surface area contributed by atoms with Crippen LogP contribution in [-0.4, -0.2) is 23.1 Å². The predicted molar refractivity (Wildman–Crippen MR) is 98.1 cm³/mol. The van der Waals surface area contributed by atoms with Crippen molar-refractivity contribution < 1.29 is 14.4 Å². The average Bonchev–Trinajstić information content (AvgIpc) is 2.53. The normalized spacial score (nSPS) is 10.9. The lowest BCUT2D eigenvalue weighted by Crippen LogP contribution is -2.40. The molecule has 0 aliphatic heterocycles. The Labute approximate surface area is 147 Å². The third-order valence-corrected chi connectivity index (χ3v) is 3.42. The Morgan fingerprint density at radius 1 is 0.800 bits per heavy atom. The molecule has 0 aliphatic carbocycles. The number of rotatable bonds is 4. The quantitative estimate of drug-likeness (QED) is 0.835. The van der Waals surface area contributed by atoms with Crippen LogP contribution in [0, 0.1) is 0 Å². The van der Waals surface area contributed by atoms with Gasteiger partial charge in [-0.05, 0) is 64.1 Å². The maximum atomic E-state index is 12.3. The fourth-order valence-corrected chi connectivity index (χ4v) is 2.20. The highest BCUT2D eigenvalue weighted by Crippen LogP contribution is 2.14. The van der Waals surface area contributed by atoms with Crippen molar-refractivity contribution in [1.82, 2.24) is 5.32 Å². The SMILES string of the molecule is CC(=O)c1cccc(NC(=O)c2ccc(C(=O)NC(C)(C)C)cc2)c1. The smallest absolute Gasteiger partial charge is 0.255 e. The fraction of sp³-hybridized carbons (Fsp3) is 0.250. The number of ketones is 1. The van der Waals surface area contributed by atoms with Gasteiger partial charge in [0.25, 0.3) is 11.8 Å². The average molecular weight is 338 g/mol. The van der Waals surface area contributed by atoms with Crippen LogP contribution in [0.5, 0.6) is 0 Å². The summed E-state index contributed by atoms with van der Waals surface area (Å²) < 4.78 is 0. The highest BCUT2D eigenvalue weighted by molar-refractivity contribution is 6.05. The van der Waals surface area contributed by atoms with Crippen LogP contribution in [-0.2, 0) is 0 Å². The molecule has 2 amide bonds. The molecule has 2 N–H and O–H groups in total. The molecule has 0 saturated heterocycles. The Balaban J connectivity index is 2.09. The Hall–Kier alpha value is -2.95. The van der Waals surface area contributed by atoms with Gasteiger partial charge in [-0.2, -0.15) is 0 Å². The molecule has 2 rings (SSSR count). The van der Waals surface area contributed by atoms with Crippen LogP contribution in [0.3, 0.4) is 0 Å². The van der Waals surface area contributed by atoms with Crippen LogP contribution in [0.4, 0.5) is 5.69 Å². The minimum absolute atomic E-state index is 0.0645. The van der Waals surface area contributed by atoms with E-state index in [0.717, 1.165) is 0 Å². The van der Waals surface area contributed by atoms with Crippen LogP contribution < -0.4 is 10.6 Å². The lowest BCUT2D eigenvalue weighted by molar-refractivity contribution is 0.0917. The number of anilines is 1. The molecule has 0 spiro atoms. The molecule has 25 heavy (non-hydrogen) atoms. The zero-order valence-electron chi connectivity index (χ0n) is 14.8. The number of hydrogen-bond donors (Lipinski definition) is 2. The van der Waals surface area contributed by atoms with Crippen molar-refractivity contribution >= 4 is 23.3 Å². The number of Topliss-reactive ketones (excluding diaryl/α,β-unsaturated/α-hetero) is 1. The first-order chi connectivity index (χ1) is 11.7.